The van der Waals surface area contributed by atoms with Crippen molar-refractivity contribution in [2.75, 3.05) is 0 Å². The van der Waals surface area contributed by atoms with E-state index < -0.39 is 29.5 Å². The summed E-state index contributed by atoms with van der Waals surface area (Å²) < 4.78 is 64.5. The van der Waals surface area contributed by atoms with E-state index in [1.807, 2.05) is 0 Å². The van der Waals surface area contributed by atoms with Gasteiger partial charge >= 0.3 is 6.18 Å². The minimum atomic E-state index is -4.86. The van der Waals surface area contributed by atoms with Crippen LogP contribution in [-0.4, -0.2) is 5.11 Å². The first kappa shape index (κ1) is 15.4. The largest absolute Gasteiger partial charge is 0.419 e. The molecule has 0 fully saturated rings. The van der Waals surface area contributed by atoms with E-state index in [4.69, 9.17) is 0 Å². The third kappa shape index (κ3) is 3.21. The van der Waals surface area contributed by atoms with Crippen LogP contribution in [0.2, 0.25) is 0 Å². The van der Waals surface area contributed by atoms with E-state index >= 15 is 0 Å². The Morgan fingerprint density at radius 1 is 0.905 bits per heavy atom. The summed E-state index contributed by atoms with van der Waals surface area (Å²) in [4.78, 5) is 0. The fourth-order valence-electron chi connectivity index (χ4n) is 1.90. The monoisotopic (exact) mass is 302 g/mol. The molecule has 2 aromatic carbocycles. The number of aliphatic hydroxyl groups is 1. The zero-order valence-electron chi connectivity index (χ0n) is 10.9. The van der Waals surface area contributed by atoms with E-state index in [-0.39, 0.29) is 11.1 Å². The Hall–Kier alpha value is -1.95. The second-order valence-corrected chi connectivity index (χ2v) is 4.65. The van der Waals surface area contributed by atoms with E-state index in [2.05, 4.69) is 0 Å². The van der Waals surface area contributed by atoms with Gasteiger partial charge in [-0.05, 0) is 41.8 Å². The number of aryl methyl sites for hydroxylation is 1. The first-order chi connectivity index (χ1) is 9.70. The van der Waals surface area contributed by atoms with Crippen LogP contribution in [0.1, 0.15) is 28.4 Å². The molecule has 0 bridgehead atoms. The van der Waals surface area contributed by atoms with Crippen LogP contribution in [0.5, 0.6) is 0 Å². The van der Waals surface area contributed by atoms with Gasteiger partial charge in [0.1, 0.15) is 17.7 Å². The molecule has 6 heteroatoms. The number of benzene rings is 2. The van der Waals surface area contributed by atoms with Crippen LogP contribution in [0.25, 0.3) is 0 Å². The normalized spacial score (nSPS) is 13.3. The molecule has 0 saturated carbocycles. The lowest BCUT2D eigenvalue weighted by Gasteiger charge is -2.15. The van der Waals surface area contributed by atoms with E-state index in [1.54, 1.807) is 0 Å². The lowest BCUT2D eigenvalue weighted by molar-refractivity contribution is -0.140. The summed E-state index contributed by atoms with van der Waals surface area (Å²) in [5.74, 6) is -2.00. The highest BCUT2D eigenvalue weighted by Gasteiger charge is 2.34. The van der Waals surface area contributed by atoms with Crippen molar-refractivity contribution in [3.63, 3.8) is 0 Å². The van der Waals surface area contributed by atoms with Crippen molar-refractivity contribution in [3.05, 3.63) is 70.3 Å². The first-order valence-corrected chi connectivity index (χ1v) is 6.01. The van der Waals surface area contributed by atoms with Gasteiger partial charge in [0.2, 0.25) is 0 Å². The third-order valence-electron chi connectivity index (χ3n) is 3.12. The van der Waals surface area contributed by atoms with Crippen LogP contribution >= 0.6 is 0 Å². The molecule has 0 saturated heterocycles. The van der Waals surface area contributed by atoms with Crippen LogP contribution in [0, 0.1) is 18.6 Å². The Morgan fingerprint density at radius 3 is 2.05 bits per heavy atom. The lowest BCUT2D eigenvalue weighted by Crippen LogP contribution is -2.10. The van der Waals surface area contributed by atoms with E-state index in [0.29, 0.717) is 17.7 Å². The van der Waals surface area contributed by atoms with E-state index in [1.165, 1.54) is 19.1 Å². The van der Waals surface area contributed by atoms with E-state index in [9.17, 15) is 27.1 Å². The molecule has 0 amide bonds. The summed E-state index contributed by atoms with van der Waals surface area (Å²) in [6.07, 6.45) is -6.33. The Labute approximate surface area is 117 Å². The SMILES string of the molecule is Cc1ccc(C(O)c2ccc(F)c(C(F)(F)F)c2)cc1F. The van der Waals surface area contributed by atoms with Crippen molar-refractivity contribution in [2.45, 2.75) is 19.2 Å². The smallest absolute Gasteiger partial charge is 0.384 e. The maximum Gasteiger partial charge on any atom is 0.419 e. The van der Waals surface area contributed by atoms with Crippen molar-refractivity contribution >= 4 is 0 Å². The van der Waals surface area contributed by atoms with Crippen molar-refractivity contribution in [1.29, 1.82) is 0 Å². The summed E-state index contributed by atoms with van der Waals surface area (Å²) in [6, 6.07) is 6.04. The second kappa shape index (κ2) is 5.44. The molecule has 21 heavy (non-hydrogen) atoms. The van der Waals surface area contributed by atoms with Gasteiger partial charge in [0.25, 0.3) is 0 Å². The molecule has 1 N–H and O–H groups in total. The summed E-state index contributed by atoms with van der Waals surface area (Å²) >= 11 is 0. The van der Waals surface area contributed by atoms with Gasteiger partial charge in [-0.2, -0.15) is 13.2 Å². The molecule has 1 atom stereocenters. The number of halogens is 5. The van der Waals surface area contributed by atoms with Crippen molar-refractivity contribution < 1.29 is 27.1 Å². The third-order valence-corrected chi connectivity index (χ3v) is 3.12. The molecule has 0 aliphatic rings. The maximum atomic E-state index is 13.4. The van der Waals surface area contributed by atoms with Gasteiger partial charge < -0.3 is 5.11 Å². The molecule has 0 aliphatic heterocycles. The molecule has 1 nitrogen and oxygen atoms in total. The molecule has 1 unspecified atom stereocenters. The van der Waals surface area contributed by atoms with Gasteiger partial charge in [0.05, 0.1) is 5.56 Å². The van der Waals surface area contributed by atoms with Crippen LogP contribution in [0.3, 0.4) is 0 Å². The van der Waals surface area contributed by atoms with Gasteiger partial charge in [-0.15, -0.1) is 0 Å². The fourth-order valence-corrected chi connectivity index (χ4v) is 1.90. The maximum absolute atomic E-state index is 13.4. The highest BCUT2D eigenvalue weighted by Crippen LogP contribution is 2.34. The van der Waals surface area contributed by atoms with Crippen molar-refractivity contribution in [3.8, 4) is 0 Å². The highest BCUT2D eigenvalue weighted by atomic mass is 19.4. The Bertz CT molecular complexity index is 664. The number of hydrogen-bond acceptors (Lipinski definition) is 1. The van der Waals surface area contributed by atoms with Crippen molar-refractivity contribution in [1.82, 2.24) is 0 Å². The minimum Gasteiger partial charge on any atom is -0.384 e. The zero-order chi connectivity index (χ0) is 15.8. The number of alkyl halides is 3. The summed E-state index contributed by atoms with van der Waals surface area (Å²) in [5, 5.41) is 10.0. The van der Waals surface area contributed by atoms with Gasteiger partial charge in [0, 0.05) is 0 Å². The number of rotatable bonds is 2. The van der Waals surface area contributed by atoms with Crippen molar-refractivity contribution in [2.24, 2.45) is 0 Å². The molecule has 112 valence electrons. The van der Waals surface area contributed by atoms with Crippen LogP contribution in [0.15, 0.2) is 36.4 Å². The second-order valence-electron chi connectivity index (χ2n) is 4.65. The summed E-state index contributed by atoms with van der Waals surface area (Å²) in [6.45, 7) is 1.52. The standard InChI is InChI=1S/C15H11F5O/c1-8-2-3-10(7-13(8)17)14(21)9-4-5-12(16)11(6-9)15(18,19)20/h2-7,14,21H,1H3. The number of hydrogen-bond donors (Lipinski definition) is 1. The Balaban J connectivity index is 2.44. The predicted molar refractivity (Wildman–Crippen MR) is 66.6 cm³/mol. The van der Waals surface area contributed by atoms with Crippen LogP contribution < -0.4 is 0 Å². The lowest BCUT2D eigenvalue weighted by atomic mass is 9.98. The van der Waals surface area contributed by atoms with Crippen LogP contribution in [-0.2, 0) is 6.18 Å². The average Bonchev–Trinajstić information content (AvgIpc) is 2.40. The molecule has 2 aromatic rings. The van der Waals surface area contributed by atoms with Gasteiger partial charge in [-0.1, -0.05) is 18.2 Å². The summed E-state index contributed by atoms with van der Waals surface area (Å²) in [5.41, 5.74) is -1.18. The molecule has 2 rings (SSSR count). The Kier molecular flexibility index (Phi) is 4.00. The molecule has 0 spiro atoms. The topological polar surface area (TPSA) is 20.2 Å². The molecule has 0 aliphatic carbocycles. The molecular weight excluding hydrogens is 291 g/mol. The average molecular weight is 302 g/mol. The Morgan fingerprint density at radius 2 is 1.48 bits per heavy atom. The number of aliphatic hydroxyl groups excluding tert-OH is 1. The quantitative estimate of drug-likeness (QED) is 0.817. The predicted octanol–water partition coefficient (Wildman–Crippen LogP) is 4.37. The molecule has 0 heterocycles. The van der Waals surface area contributed by atoms with Gasteiger partial charge in [0.15, 0.2) is 0 Å². The minimum absolute atomic E-state index is 0.0952. The van der Waals surface area contributed by atoms with Gasteiger partial charge in [-0.25, -0.2) is 8.78 Å². The highest BCUT2D eigenvalue weighted by molar-refractivity contribution is 5.35. The fraction of sp³-hybridized carbons (Fsp3) is 0.200. The van der Waals surface area contributed by atoms with Gasteiger partial charge in [-0.3, -0.25) is 0 Å². The molecular formula is C15H11F5O. The van der Waals surface area contributed by atoms with Crippen LogP contribution in [0.4, 0.5) is 22.0 Å². The van der Waals surface area contributed by atoms with E-state index in [0.717, 1.165) is 12.1 Å². The molecule has 0 radical (unpaired) electrons. The zero-order valence-corrected chi connectivity index (χ0v) is 10.9. The summed E-state index contributed by atoms with van der Waals surface area (Å²) in [7, 11) is 0. The molecule has 0 aromatic heterocycles. The first-order valence-electron chi connectivity index (χ1n) is 6.01.